The molecule has 0 spiro atoms. The fourth-order valence-electron chi connectivity index (χ4n) is 2.69. The Morgan fingerprint density at radius 2 is 2.14 bits per heavy atom. The van der Waals surface area contributed by atoms with Gasteiger partial charge in [-0.2, -0.15) is 5.10 Å². The van der Waals surface area contributed by atoms with E-state index in [1.165, 1.54) is 0 Å². The molecule has 0 aliphatic carbocycles. The molecule has 0 unspecified atom stereocenters. The highest BCUT2D eigenvalue weighted by Crippen LogP contribution is 2.34. The van der Waals surface area contributed by atoms with Gasteiger partial charge in [0.1, 0.15) is 5.52 Å². The van der Waals surface area contributed by atoms with Crippen LogP contribution in [0.3, 0.4) is 0 Å². The third-order valence-electron chi connectivity index (χ3n) is 3.66. The number of nitrogens with one attached hydrogen (secondary N) is 1. The van der Waals surface area contributed by atoms with E-state index in [-0.39, 0.29) is 6.79 Å². The molecule has 21 heavy (non-hydrogen) atoms. The second-order valence-electron chi connectivity index (χ2n) is 4.90. The van der Waals surface area contributed by atoms with Crippen molar-refractivity contribution in [3.8, 4) is 17.2 Å². The number of aryl methyl sites for hydroxylation is 2. The average molecular weight is 302 g/mol. The van der Waals surface area contributed by atoms with Gasteiger partial charge >= 0.3 is 0 Å². The lowest BCUT2D eigenvalue weighted by molar-refractivity contribution is 0.174. The van der Waals surface area contributed by atoms with Gasteiger partial charge in [-0.1, -0.05) is 0 Å². The third kappa shape index (κ3) is 1.70. The van der Waals surface area contributed by atoms with E-state index in [9.17, 15) is 0 Å². The molecule has 0 fully saturated rings. The Bertz CT molecular complexity index is 906. The maximum atomic E-state index is 5.48. The topological polar surface area (TPSA) is 57.0 Å². The number of ether oxygens (including phenoxy) is 2. The second kappa shape index (κ2) is 4.36. The van der Waals surface area contributed by atoms with E-state index < -0.39 is 0 Å². The predicted octanol–water partition coefficient (Wildman–Crippen LogP) is 2.94. The summed E-state index contributed by atoms with van der Waals surface area (Å²) in [7, 11) is 0. The molecule has 1 aromatic carbocycles. The van der Waals surface area contributed by atoms with Crippen molar-refractivity contribution in [2.24, 2.45) is 0 Å². The first-order chi connectivity index (χ1) is 10.2. The number of aromatic nitrogens is 4. The number of benzene rings is 1. The summed E-state index contributed by atoms with van der Waals surface area (Å²) >= 11 is 5.48. The number of nitrogens with zero attached hydrogens (tertiary/aromatic N) is 3. The van der Waals surface area contributed by atoms with E-state index in [4.69, 9.17) is 21.7 Å². The highest BCUT2D eigenvalue weighted by Gasteiger charge is 2.18. The van der Waals surface area contributed by atoms with Gasteiger partial charge in [-0.15, -0.1) is 0 Å². The molecule has 2 aromatic heterocycles. The normalized spacial score (nSPS) is 13.2. The van der Waals surface area contributed by atoms with Crippen LogP contribution < -0.4 is 9.47 Å². The maximum absolute atomic E-state index is 5.48. The van der Waals surface area contributed by atoms with Crippen molar-refractivity contribution in [1.29, 1.82) is 0 Å². The van der Waals surface area contributed by atoms with E-state index in [1.807, 2.05) is 34.4 Å². The molecule has 6 nitrogen and oxygen atoms in total. The standard InChI is InChI=1S/C14H14N4O2S/c1-3-17-13-12(8(2)16-17)15-14(21)18(13)9-4-5-10-11(6-9)20-7-19-10/h4-6H,3,7H2,1-2H3,(H,15,21). The molecule has 0 atom stereocenters. The van der Waals surface area contributed by atoms with Crippen LogP contribution in [-0.4, -0.2) is 26.1 Å². The molecule has 0 bridgehead atoms. The predicted molar refractivity (Wildman–Crippen MR) is 80.8 cm³/mol. The van der Waals surface area contributed by atoms with Crippen LogP contribution in [0.15, 0.2) is 18.2 Å². The third-order valence-corrected chi connectivity index (χ3v) is 3.95. The Labute approximate surface area is 125 Å². The molecule has 0 amide bonds. The SMILES string of the molecule is CCn1nc(C)c2[nH]c(=S)n(-c3ccc4c(c3)OCO4)c21. The van der Waals surface area contributed by atoms with Gasteiger partial charge in [0.05, 0.1) is 11.4 Å². The molecule has 108 valence electrons. The van der Waals surface area contributed by atoms with Gasteiger partial charge in [-0.3, -0.25) is 4.57 Å². The van der Waals surface area contributed by atoms with Gasteiger partial charge in [-0.05, 0) is 38.2 Å². The highest BCUT2D eigenvalue weighted by molar-refractivity contribution is 7.71. The molecular weight excluding hydrogens is 288 g/mol. The Balaban J connectivity index is 2.02. The van der Waals surface area contributed by atoms with Gasteiger partial charge < -0.3 is 14.5 Å². The zero-order valence-corrected chi connectivity index (χ0v) is 12.5. The van der Waals surface area contributed by atoms with Gasteiger partial charge in [0, 0.05) is 12.6 Å². The largest absolute Gasteiger partial charge is 0.454 e. The molecule has 1 N–H and O–H groups in total. The molecule has 7 heteroatoms. The first-order valence-corrected chi connectivity index (χ1v) is 7.18. The Morgan fingerprint density at radius 1 is 1.33 bits per heavy atom. The number of imidazole rings is 1. The summed E-state index contributed by atoms with van der Waals surface area (Å²) in [5, 5.41) is 4.53. The zero-order valence-electron chi connectivity index (χ0n) is 11.7. The van der Waals surface area contributed by atoms with Crippen LogP contribution in [0, 0.1) is 11.7 Å². The summed E-state index contributed by atoms with van der Waals surface area (Å²) in [5.74, 6) is 1.50. The molecule has 0 saturated carbocycles. The smallest absolute Gasteiger partial charge is 0.231 e. The number of aromatic amines is 1. The highest BCUT2D eigenvalue weighted by atomic mass is 32.1. The summed E-state index contributed by atoms with van der Waals surface area (Å²) in [6, 6.07) is 5.81. The van der Waals surface area contributed by atoms with Crippen LogP contribution >= 0.6 is 12.2 Å². The Hall–Kier alpha value is -2.28. The van der Waals surface area contributed by atoms with Crippen LogP contribution in [0.1, 0.15) is 12.6 Å². The van der Waals surface area contributed by atoms with E-state index in [1.54, 1.807) is 0 Å². The average Bonchev–Trinajstić information content (AvgIpc) is 3.14. The van der Waals surface area contributed by atoms with Crippen LogP contribution in [0.25, 0.3) is 16.9 Å². The molecule has 3 heterocycles. The van der Waals surface area contributed by atoms with E-state index in [2.05, 4.69) is 17.0 Å². The molecular formula is C14H14N4O2S. The van der Waals surface area contributed by atoms with Crippen molar-refractivity contribution in [2.75, 3.05) is 6.79 Å². The maximum Gasteiger partial charge on any atom is 0.231 e. The molecule has 0 saturated heterocycles. The number of fused-ring (bicyclic) bond motifs is 2. The van der Waals surface area contributed by atoms with Crippen LogP contribution in [0.2, 0.25) is 0 Å². The van der Waals surface area contributed by atoms with Gasteiger partial charge in [0.25, 0.3) is 0 Å². The van der Waals surface area contributed by atoms with Gasteiger partial charge in [-0.25, -0.2) is 4.68 Å². The van der Waals surface area contributed by atoms with E-state index >= 15 is 0 Å². The van der Waals surface area contributed by atoms with Crippen molar-refractivity contribution < 1.29 is 9.47 Å². The van der Waals surface area contributed by atoms with E-state index in [0.717, 1.165) is 40.6 Å². The number of H-pyrrole nitrogens is 1. The number of rotatable bonds is 2. The van der Waals surface area contributed by atoms with Crippen molar-refractivity contribution in [3.05, 3.63) is 28.7 Å². The van der Waals surface area contributed by atoms with Crippen LogP contribution in [-0.2, 0) is 6.54 Å². The number of hydrogen-bond donors (Lipinski definition) is 1. The zero-order chi connectivity index (χ0) is 14.6. The fourth-order valence-corrected chi connectivity index (χ4v) is 2.98. The first-order valence-electron chi connectivity index (χ1n) is 6.77. The van der Waals surface area contributed by atoms with Crippen molar-refractivity contribution in [3.63, 3.8) is 0 Å². The lowest BCUT2D eigenvalue weighted by Gasteiger charge is -2.07. The second-order valence-corrected chi connectivity index (χ2v) is 5.29. The minimum atomic E-state index is 0.263. The van der Waals surface area contributed by atoms with Gasteiger partial charge in [0.2, 0.25) is 6.79 Å². The Morgan fingerprint density at radius 3 is 2.95 bits per heavy atom. The molecule has 3 aromatic rings. The monoisotopic (exact) mass is 302 g/mol. The lowest BCUT2D eigenvalue weighted by atomic mass is 10.2. The molecule has 4 rings (SSSR count). The minimum absolute atomic E-state index is 0.263. The quantitative estimate of drug-likeness (QED) is 0.739. The molecule has 1 aliphatic heterocycles. The van der Waals surface area contributed by atoms with Crippen molar-refractivity contribution in [1.82, 2.24) is 19.3 Å². The van der Waals surface area contributed by atoms with Crippen molar-refractivity contribution >= 4 is 23.4 Å². The van der Waals surface area contributed by atoms with Gasteiger partial charge in [0.15, 0.2) is 21.9 Å². The van der Waals surface area contributed by atoms with Crippen molar-refractivity contribution in [2.45, 2.75) is 20.4 Å². The molecule has 0 radical (unpaired) electrons. The lowest BCUT2D eigenvalue weighted by Crippen LogP contribution is -2.03. The first kappa shape index (κ1) is 12.5. The van der Waals surface area contributed by atoms with E-state index in [0.29, 0.717) is 4.77 Å². The summed E-state index contributed by atoms with van der Waals surface area (Å²) < 4.78 is 15.4. The minimum Gasteiger partial charge on any atom is -0.454 e. The number of hydrogen-bond acceptors (Lipinski definition) is 4. The summed E-state index contributed by atoms with van der Waals surface area (Å²) in [4.78, 5) is 3.24. The summed E-state index contributed by atoms with van der Waals surface area (Å²) in [6.07, 6.45) is 0. The Kier molecular flexibility index (Phi) is 2.58. The summed E-state index contributed by atoms with van der Waals surface area (Å²) in [6.45, 7) is 5.08. The fraction of sp³-hybridized carbons (Fsp3) is 0.286. The van der Waals surface area contributed by atoms with Crippen LogP contribution in [0.4, 0.5) is 0 Å². The molecule has 1 aliphatic rings. The summed E-state index contributed by atoms with van der Waals surface area (Å²) in [5.41, 5.74) is 3.82. The van der Waals surface area contributed by atoms with Crippen LogP contribution in [0.5, 0.6) is 11.5 Å².